The van der Waals surface area contributed by atoms with Crippen LogP contribution >= 0.6 is 0 Å². The summed E-state index contributed by atoms with van der Waals surface area (Å²) >= 11 is 0. The second-order valence-corrected chi connectivity index (χ2v) is 6.36. The number of aryl methyl sites for hydroxylation is 2. The molecule has 1 aromatic rings. The Kier molecular flexibility index (Phi) is 4.97. The summed E-state index contributed by atoms with van der Waals surface area (Å²) in [7, 11) is 0. The molecule has 0 heterocycles. The van der Waals surface area contributed by atoms with Gasteiger partial charge in [0, 0.05) is 0 Å². The van der Waals surface area contributed by atoms with Crippen LogP contribution in [0, 0.1) is 25.7 Å². The Labute approximate surface area is 124 Å². The van der Waals surface area contributed by atoms with Gasteiger partial charge in [-0.2, -0.15) is 13.2 Å². The lowest BCUT2D eigenvalue weighted by atomic mass is 9.77. The van der Waals surface area contributed by atoms with Crippen molar-refractivity contribution in [2.45, 2.75) is 58.2 Å². The molecule has 3 atom stereocenters. The van der Waals surface area contributed by atoms with Crippen LogP contribution in [0.1, 0.15) is 42.4 Å². The summed E-state index contributed by atoms with van der Waals surface area (Å²) in [6.45, 7) is 4.02. The highest BCUT2D eigenvalue weighted by molar-refractivity contribution is 5.30. The zero-order valence-electron chi connectivity index (χ0n) is 12.6. The van der Waals surface area contributed by atoms with Gasteiger partial charge in [-0.05, 0) is 62.1 Å². The fraction of sp³-hybridized carbons (Fsp3) is 0.647. The van der Waals surface area contributed by atoms with Gasteiger partial charge in [0.2, 0.25) is 0 Å². The van der Waals surface area contributed by atoms with Gasteiger partial charge in [-0.3, -0.25) is 0 Å². The molecule has 0 radical (unpaired) electrons. The van der Waals surface area contributed by atoms with Gasteiger partial charge >= 0.3 is 6.18 Å². The Balaban J connectivity index is 1.99. The van der Waals surface area contributed by atoms with Gasteiger partial charge in [0.15, 0.2) is 0 Å². The minimum atomic E-state index is -4.13. The summed E-state index contributed by atoms with van der Waals surface area (Å²) < 4.78 is 38.5. The van der Waals surface area contributed by atoms with Gasteiger partial charge < -0.3 is 5.11 Å². The standard InChI is InChI=1S/C17H23F3O/c1-11-6-7-13(8-12(11)2)9-16(21)14-4-3-5-15(10-14)17(18,19)20/h6-8,14-16,21H,3-5,9-10H2,1-2H3. The maximum atomic E-state index is 12.8. The molecule has 0 spiro atoms. The average molecular weight is 300 g/mol. The Bertz CT molecular complexity index is 481. The lowest BCUT2D eigenvalue weighted by Crippen LogP contribution is -2.34. The van der Waals surface area contributed by atoms with Gasteiger partial charge in [0.1, 0.15) is 0 Å². The van der Waals surface area contributed by atoms with Crippen LogP contribution in [-0.2, 0) is 6.42 Å². The largest absolute Gasteiger partial charge is 0.392 e. The van der Waals surface area contributed by atoms with Crippen molar-refractivity contribution < 1.29 is 18.3 Å². The molecule has 3 unspecified atom stereocenters. The van der Waals surface area contributed by atoms with Gasteiger partial charge in [-0.15, -0.1) is 0 Å². The molecule has 118 valence electrons. The molecule has 1 fully saturated rings. The Morgan fingerprint density at radius 1 is 1.19 bits per heavy atom. The molecule has 1 aromatic carbocycles. The van der Waals surface area contributed by atoms with Crippen molar-refractivity contribution in [3.63, 3.8) is 0 Å². The number of alkyl halides is 3. The first-order chi connectivity index (χ1) is 9.77. The summed E-state index contributed by atoms with van der Waals surface area (Å²) in [6.07, 6.45) is -2.85. The first kappa shape index (κ1) is 16.3. The van der Waals surface area contributed by atoms with Crippen molar-refractivity contribution in [2.24, 2.45) is 11.8 Å². The minimum absolute atomic E-state index is 0.0650. The second-order valence-electron chi connectivity index (χ2n) is 6.36. The smallest absolute Gasteiger partial charge is 0.391 e. The van der Waals surface area contributed by atoms with E-state index >= 15 is 0 Å². The van der Waals surface area contributed by atoms with E-state index in [9.17, 15) is 18.3 Å². The molecule has 1 aliphatic rings. The molecule has 4 heteroatoms. The van der Waals surface area contributed by atoms with Crippen LogP contribution in [0.15, 0.2) is 18.2 Å². The highest BCUT2D eigenvalue weighted by Crippen LogP contribution is 2.41. The summed E-state index contributed by atoms with van der Waals surface area (Å²) in [6, 6.07) is 5.97. The van der Waals surface area contributed by atoms with E-state index in [0.717, 1.165) is 11.1 Å². The maximum Gasteiger partial charge on any atom is 0.391 e. The van der Waals surface area contributed by atoms with Gasteiger partial charge in [-0.1, -0.05) is 24.6 Å². The average Bonchev–Trinajstić information content (AvgIpc) is 2.42. The van der Waals surface area contributed by atoms with Gasteiger partial charge in [-0.25, -0.2) is 0 Å². The topological polar surface area (TPSA) is 20.2 Å². The fourth-order valence-corrected chi connectivity index (χ4v) is 3.21. The minimum Gasteiger partial charge on any atom is -0.392 e. The number of rotatable bonds is 3. The van der Waals surface area contributed by atoms with Crippen molar-refractivity contribution in [1.29, 1.82) is 0 Å². The molecule has 21 heavy (non-hydrogen) atoms. The summed E-state index contributed by atoms with van der Waals surface area (Å²) in [5.41, 5.74) is 3.33. The van der Waals surface area contributed by atoms with Crippen LogP contribution in [-0.4, -0.2) is 17.4 Å². The van der Waals surface area contributed by atoms with Crippen molar-refractivity contribution in [3.05, 3.63) is 34.9 Å². The quantitative estimate of drug-likeness (QED) is 0.866. The Morgan fingerprint density at radius 3 is 2.52 bits per heavy atom. The van der Waals surface area contributed by atoms with Crippen LogP contribution in [0.2, 0.25) is 0 Å². The zero-order valence-corrected chi connectivity index (χ0v) is 12.6. The van der Waals surface area contributed by atoms with E-state index in [-0.39, 0.29) is 18.8 Å². The summed E-state index contributed by atoms with van der Waals surface area (Å²) in [5.74, 6) is -1.49. The first-order valence-electron chi connectivity index (χ1n) is 7.58. The molecule has 1 aliphatic carbocycles. The third kappa shape index (κ3) is 4.22. The van der Waals surface area contributed by atoms with E-state index in [1.165, 1.54) is 5.56 Å². The number of hydrogen-bond acceptors (Lipinski definition) is 1. The number of hydrogen-bond donors (Lipinski definition) is 1. The number of aliphatic hydroxyl groups is 1. The van der Waals surface area contributed by atoms with Crippen LogP contribution in [0.25, 0.3) is 0 Å². The highest BCUT2D eigenvalue weighted by Gasteiger charge is 2.43. The first-order valence-corrected chi connectivity index (χ1v) is 7.58. The zero-order chi connectivity index (χ0) is 15.6. The summed E-state index contributed by atoms with van der Waals surface area (Å²) in [4.78, 5) is 0. The van der Waals surface area contributed by atoms with E-state index in [4.69, 9.17) is 0 Å². The van der Waals surface area contributed by atoms with E-state index in [2.05, 4.69) is 0 Å². The SMILES string of the molecule is Cc1ccc(CC(O)C2CCCC(C(F)(F)F)C2)cc1C. The lowest BCUT2D eigenvalue weighted by molar-refractivity contribution is -0.188. The second kappa shape index (κ2) is 6.39. The van der Waals surface area contributed by atoms with Crippen LogP contribution < -0.4 is 0 Å². The maximum absolute atomic E-state index is 12.8. The highest BCUT2D eigenvalue weighted by atomic mass is 19.4. The fourth-order valence-electron chi connectivity index (χ4n) is 3.21. The normalized spacial score (nSPS) is 24.9. The van der Waals surface area contributed by atoms with Crippen molar-refractivity contribution >= 4 is 0 Å². The molecule has 0 bridgehead atoms. The predicted molar refractivity (Wildman–Crippen MR) is 77.1 cm³/mol. The van der Waals surface area contributed by atoms with Gasteiger partial charge in [0.25, 0.3) is 0 Å². The predicted octanol–water partition coefficient (Wildman–Crippen LogP) is 4.58. The Morgan fingerprint density at radius 2 is 1.90 bits per heavy atom. The monoisotopic (exact) mass is 300 g/mol. The lowest BCUT2D eigenvalue weighted by Gasteiger charge is -2.33. The molecule has 1 N–H and O–H groups in total. The van der Waals surface area contributed by atoms with Crippen molar-refractivity contribution in [2.75, 3.05) is 0 Å². The van der Waals surface area contributed by atoms with E-state index in [0.29, 0.717) is 19.3 Å². The molecule has 1 nitrogen and oxygen atoms in total. The molecular formula is C17H23F3O. The third-order valence-corrected chi connectivity index (χ3v) is 4.74. The molecule has 1 saturated carbocycles. The number of benzene rings is 1. The van der Waals surface area contributed by atoms with Crippen LogP contribution in [0.5, 0.6) is 0 Å². The number of halogens is 3. The van der Waals surface area contributed by atoms with Crippen molar-refractivity contribution in [3.8, 4) is 0 Å². The van der Waals surface area contributed by atoms with Crippen molar-refractivity contribution in [1.82, 2.24) is 0 Å². The third-order valence-electron chi connectivity index (χ3n) is 4.74. The molecule has 0 saturated heterocycles. The molecule has 2 rings (SSSR count). The molecule has 0 aliphatic heterocycles. The van der Waals surface area contributed by atoms with E-state index < -0.39 is 18.2 Å². The van der Waals surface area contributed by atoms with Crippen LogP contribution in [0.3, 0.4) is 0 Å². The van der Waals surface area contributed by atoms with E-state index in [1.54, 1.807) is 0 Å². The van der Waals surface area contributed by atoms with E-state index in [1.807, 2.05) is 32.0 Å². The molecular weight excluding hydrogens is 277 g/mol. The van der Waals surface area contributed by atoms with Crippen LogP contribution in [0.4, 0.5) is 13.2 Å². The number of aliphatic hydroxyl groups excluding tert-OH is 1. The molecule has 0 amide bonds. The Hall–Kier alpha value is -1.03. The molecule has 0 aromatic heterocycles. The van der Waals surface area contributed by atoms with Gasteiger partial charge in [0.05, 0.1) is 12.0 Å². The summed E-state index contributed by atoms with van der Waals surface area (Å²) in [5, 5.41) is 10.3.